The molecule has 0 spiro atoms. The van der Waals surface area contributed by atoms with Crippen LogP contribution in [0.3, 0.4) is 0 Å². The van der Waals surface area contributed by atoms with Crippen molar-refractivity contribution in [1.29, 1.82) is 0 Å². The fraction of sp³-hybridized carbons (Fsp3) is 1.00. The van der Waals surface area contributed by atoms with Gasteiger partial charge in [-0.05, 0) is 7.05 Å². The number of nitrogens with zero attached hydrogens (tertiary/aromatic N) is 1. The van der Waals surface area contributed by atoms with Crippen LogP contribution in [0.4, 0.5) is 0 Å². The first kappa shape index (κ1) is 6.99. The van der Waals surface area contributed by atoms with Crippen molar-refractivity contribution in [1.82, 2.24) is 4.90 Å². The Labute approximate surface area is 55.8 Å². The van der Waals surface area contributed by atoms with Crippen LogP contribution in [0.2, 0.25) is 0 Å². The Bertz CT molecular complexity index is 97.1. The number of likely N-dealkylation sites (tertiary alicyclic amines) is 1. The van der Waals surface area contributed by atoms with E-state index in [1.165, 1.54) is 0 Å². The van der Waals surface area contributed by atoms with Crippen molar-refractivity contribution in [2.45, 2.75) is 12.1 Å². The predicted molar refractivity (Wildman–Crippen MR) is 36.3 cm³/mol. The highest BCUT2D eigenvalue weighted by Crippen LogP contribution is 2.07. The summed E-state index contributed by atoms with van der Waals surface area (Å²) in [6, 6.07) is 0.208. The number of nitrogens with two attached hydrogens (primary N) is 1. The van der Waals surface area contributed by atoms with Gasteiger partial charge in [0.15, 0.2) is 0 Å². The lowest BCUT2D eigenvalue weighted by Gasteiger charge is -2.10. The number of hydrogen-bond donors (Lipinski definition) is 1. The summed E-state index contributed by atoms with van der Waals surface area (Å²) in [5.74, 6) is 0. The maximum Gasteiger partial charge on any atom is 0.0861 e. The molecule has 0 aliphatic carbocycles. The lowest BCUT2D eigenvalue weighted by molar-refractivity contribution is 0.100. The molecule has 1 heterocycles. The Balaban J connectivity index is 2.38. The van der Waals surface area contributed by atoms with Crippen LogP contribution in [0.5, 0.6) is 0 Å². The Hall–Kier alpha value is -0.120. The van der Waals surface area contributed by atoms with E-state index in [1.807, 2.05) is 0 Å². The number of rotatable bonds is 1. The molecule has 54 valence electrons. The van der Waals surface area contributed by atoms with Gasteiger partial charge in [0.1, 0.15) is 0 Å². The maximum atomic E-state index is 5.71. The Morgan fingerprint density at radius 3 is 2.44 bits per heavy atom. The minimum atomic E-state index is 0.208. The Morgan fingerprint density at radius 1 is 1.56 bits per heavy atom. The zero-order valence-electron chi connectivity index (χ0n) is 6.00. The van der Waals surface area contributed by atoms with Gasteiger partial charge in [-0.25, -0.2) is 0 Å². The standard InChI is InChI=1S/C6H14N2O/c1-8-3-5(7)6(4-8)9-2/h5-6H,3-4,7H2,1-2H3/t5-,6+/m1/s1. The number of methoxy groups -OCH3 is 1. The monoisotopic (exact) mass is 130 g/mol. The molecule has 0 aromatic rings. The van der Waals surface area contributed by atoms with Gasteiger partial charge in [0.05, 0.1) is 6.10 Å². The van der Waals surface area contributed by atoms with E-state index in [1.54, 1.807) is 7.11 Å². The molecule has 0 radical (unpaired) electrons. The van der Waals surface area contributed by atoms with E-state index in [0.29, 0.717) is 0 Å². The molecule has 0 unspecified atom stereocenters. The molecule has 1 aliphatic heterocycles. The van der Waals surface area contributed by atoms with Crippen LogP contribution in [0.25, 0.3) is 0 Å². The molecule has 9 heavy (non-hydrogen) atoms. The third-order valence-electron chi connectivity index (χ3n) is 1.79. The average molecular weight is 130 g/mol. The second-order valence-electron chi connectivity index (χ2n) is 2.66. The molecule has 1 fully saturated rings. The first-order valence-electron chi connectivity index (χ1n) is 3.21. The molecule has 0 saturated carbocycles. The summed E-state index contributed by atoms with van der Waals surface area (Å²) in [5, 5.41) is 0. The molecule has 0 bridgehead atoms. The normalized spacial score (nSPS) is 37.7. The number of ether oxygens (including phenoxy) is 1. The third-order valence-corrected chi connectivity index (χ3v) is 1.79. The zero-order chi connectivity index (χ0) is 6.85. The molecule has 0 aromatic heterocycles. The van der Waals surface area contributed by atoms with Crippen LogP contribution >= 0.6 is 0 Å². The first-order chi connectivity index (χ1) is 4.24. The van der Waals surface area contributed by atoms with E-state index in [0.717, 1.165) is 13.1 Å². The summed E-state index contributed by atoms with van der Waals surface area (Å²) < 4.78 is 5.13. The van der Waals surface area contributed by atoms with E-state index in [4.69, 9.17) is 10.5 Å². The van der Waals surface area contributed by atoms with Crippen molar-refractivity contribution in [3.63, 3.8) is 0 Å². The molecular weight excluding hydrogens is 116 g/mol. The quantitative estimate of drug-likeness (QED) is 0.509. The smallest absolute Gasteiger partial charge is 0.0861 e. The van der Waals surface area contributed by atoms with Crippen LogP contribution in [0, 0.1) is 0 Å². The van der Waals surface area contributed by atoms with Gasteiger partial charge in [0, 0.05) is 26.2 Å². The molecular formula is C6H14N2O. The first-order valence-corrected chi connectivity index (χ1v) is 3.21. The summed E-state index contributed by atoms with van der Waals surface area (Å²) in [6.07, 6.45) is 0.245. The highest BCUT2D eigenvalue weighted by Gasteiger charge is 2.26. The van der Waals surface area contributed by atoms with Gasteiger partial charge in [-0.1, -0.05) is 0 Å². The van der Waals surface area contributed by atoms with Gasteiger partial charge in [-0.3, -0.25) is 0 Å². The summed E-state index contributed by atoms with van der Waals surface area (Å²) in [6.45, 7) is 1.93. The summed E-state index contributed by atoms with van der Waals surface area (Å²) in [7, 11) is 3.77. The van der Waals surface area contributed by atoms with E-state index >= 15 is 0 Å². The molecule has 3 nitrogen and oxygen atoms in total. The summed E-state index contributed by atoms with van der Waals surface area (Å²) >= 11 is 0. The molecule has 1 saturated heterocycles. The second-order valence-corrected chi connectivity index (χ2v) is 2.66. The van der Waals surface area contributed by atoms with Gasteiger partial charge in [0.25, 0.3) is 0 Å². The van der Waals surface area contributed by atoms with E-state index in [-0.39, 0.29) is 12.1 Å². The van der Waals surface area contributed by atoms with E-state index in [9.17, 15) is 0 Å². The lowest BCUT2D eigenvalue weighted by Crippen LogP contribution is -2.34. The molecule has 0 amide bonds. The summed E-state index contributed by atoms with van der Waals surface area (Å²) in [5.41, 5.74) is 5.71. The largest absolute Gasteiger partial charge is 0.378 e. The fourth-order valence-corrected chi connectivity index (χ4v) is 1.24. The van der Waals surface area contributed by atoms with Crippen LogP contribution in [0.1, 0.15) is 0 Å². The molecule has 2 N–H and O–H groups in total. The minimum absolute atomic E-state index is 0.208. The highest BCUT2D eigenvalue weighted by molar-refractivity contribution is 4.85. The molecule has 3 heteroatoms. The predicted octanol–water partition coefficient (Wildman–Crippen LogP) is -0.726. The fourth-order valence-electron chi connectivity index (χ4n) is 1.24. The van der Waals surface area contributed by atoms with Gasteiger partial charge in [-0.15, -0.1) is 0 Å². The average Bonchev–Trinajstić information content (AvgIpc) is 2.10. The second kappa shape index (κ2) is 2.64. The van der Waals surface area contributed by atoms with Crippen molar-refractivity contribution in [2.75, 3.05) is 27.2 Å². The van der Waals surface area contributed by atoms with Gasteiger partial charge in [-0.2, -0.15) is 0 Å². The van der Waals surface area contributed by atoms with Crippen LogP contribution in [-0.2, 0) is 4.74 Å². The topological polar surface area (TPSA) is 38.5 Å². The van der Waals surface area contributed by atoms with E-state index < -0.39 is 0 Å². The number of likely N-dealkylation sites (N-methyl/N-ethyl adjacent to an activating group) is 1. The SMILES string of the molecule is CO[C@H]1CN(C)C[C@H]1N. The molecule has 2 atom stereocenters. The van der Waals surface area contributed by atoms with E-state index in [2.05, 4.69) is 11.9 Å². The van der Waals surface area contributed by atoms with Crippen molar-refractivity contribution in [2.24, 2.45) is 5.73 Å². The van der Waals surface area contributed by atoms with Crippen LogP contribution in [0.15, 0.2) is 0 Å². The van der Waals surface area contributed by atoms with Gasteiger partial charge < -0.3 is 15.4 Å². The van der Waals surface area contributed by atoms with Crippen molar-refractivity contribution in [3.8, 4) is 0 Å². The molecule has 1 aliphatic rings. The molecule has 0 aromatic carbocycles. The highest BCUT2D eigenvalue weighted by atomic mass is 16.5. The maximum absolute atomic E-state index is 5.71. The van der Waals surface area contributed by atoms with Crippen LogP contribution in [-0.4, -0.2) is 44.3 Å². The van der Waals surface area contributed by atoms with Crippen molar-refractivity contribution < 1.29 is 4.74 Å². The Kier molecular flexibility index (Phi) is 2.05. The Morgan fingerprint density at radius 2 is 2.22 bits per heavy atom. The van der Waals surface area contributed by atoms with Crippen molar-refractivity contribution >= 4 is 0 Å². The third kappa shape index (κ3) is 1.41. The summed E-state index contributed by atoms with van der Waals surface area (Å²) in [4.78, 5) is 2.18. The van der Waals surface area contributed by atoms with Crippen LogP contribution < -0.4 is 5.73 Å². The number of hydrogen-bond acceptors (Lipinski definition) is 3. The lowest BCUT2D eigenvalue weighted by atomic mass is 10.2. The van der Waals surface area contributed by atoms with Crippen molar-refractivity contribution in [3.05, 3.63) is 0 Å². The van der Waals surface area contributed by atoms with Gasteiger partial charge in [0.2, 0.25) is 0 Å². The minimum Gasteiger partial charge on any atom is -0.378 e. The zero-order valence-corrected chi connectivity index (χ0v) is 6.00. The van der Waals surface area contributed by atoms with Gasteiger partial charge >= 0.3 is 0 Å². The molecule has 1 rings (SSSR count).